The van der Waals surface area contributed by atoms with Gasteiger partial charge in [-0.1, -0.05) is 41.9 Å². The van der Waals surface area contributed by atoms with Crippen LogP contribution in [0.15, 0.2) is 42.5 Å². The first-order chi connectivity index (χ1) is 12.2. The fraction of sp³-hybridized carbons (Fsp3) is 0.421. The number of piperazine rings is 1. The lowest BCUT2D eigenvalue weighted by Gasteiger charge is -2.45. The van der Waals surface area contributed by atoms with Crippen molar-refractivity contribution in [2.75, 3.05) is 32.8 Å². The number of amides is 1. The van der Waals surface area contributed by atoms with Gasteiger partial charge in [-0.3, -0.25) is 14.6 Å². The maximum atomic E-state index is 12.1. The van der Waals surface area contributed by atoms with Gasteiger partial charge >= 0.3 is 0 Å². The van der Waals surface area contributed by atoms with E-state index in [9.17, 15) is 4.79 Å². The highest BCUT2D eigenvalue weighted by molar-refractivity contribution is 7.16. The average molecular weight is 376 g/mol. The number of hydrogen-bond donors (Lipinski definition) is 0. The van der Waals surface area contributed by atoms with Crippen LogP contribution in [0.3, 0.4) is 0 Å². The molecule has 1 amide bonds. The molecule has 1 aromatic heterocycles. The van der Waals surface area contributed by atoms with Gasteiger partial charge < -0.3 is 4.90 Å². The van der Waals surface area contributed by atoms with Crippen LogP contribution in [0, 0.1) is 0 Å². The van der Waals surface area contributed by atoms with Crippen molar-refractivity contribution < 1.29 is 4.79 Å². The molecule has 0 bridgehead atoms. The highest BCUT2D eigenvalue weighted by Gasteiger charge is 2.38. The molecular formula is C19H22ClN3OS. The van der Waals surface area contributed by atoms with Crippen molar-refractivity contribution in [1.82, 2.24) is 14.7 Å². The highest BCUT2D eigenvalue weighted by atomic mass is 35.5. The number of halogens is 1. The van der Waals surface area contributed by atoms with Crippen LogP contribution in [-0.4, -0.2) is 53.5 Å². The minimum atomic E-state index is 0.250. The monoisotopic (exact) mass is 375 g/mol. The Labute approximate surface area is 157 Å². The molecule has 25 heavy (non-hydrogen) atoms. The third kappa shape index (κ3) is 3.90. The standard InChI is InChI=1S/C19H22ClN3OS/c20-18-7-6-16(25-18)13-21-8-10-22(11-9-21)14-23-17(12-19(23)24)15-4-2-1-3-5-15/h1-7,17H,8-14H2. The van der Waals surface area contributed by atoms with E-state index in [1.807, 2.05) is 29.2 Å². The molecule has 2 fully saturated rings. The number of carbonyl (C=O) groups is 1. The molecule has 1 atom stereocenters. The number of β-lactam (4-membered cyclic amide) rings is 1. The number of hydrogen-bond acceptors (Lipinski definition) is 4. The topological polar surface area (TPSA) is 26.8 Å². The van der Waals surface area contributed by atoms with Crippen LogP contribution >= 0.6 is 22.9 Å². The Morgan fingerprint density at radius 1 is 1.00 bits per heavy atom. The lowest BCUT2D eigenvalue weighted by molar-refractivity contribution is -0.150. The van der Waals surface area contributed by atoms with Crippen molar-refractivity contribution in [3.05, 3.63) is 57.2 Å². The molecule has 0 spiro atoms. The average Bonchev–Trinajstić information content (AvgIpc) is 3.04. The lowest BCUT2D eigenvalue weighted by Crippen LogP contribution is -2.55. The molecule has 0 radical (unpaired) electrons. The van der Waals surface area contributed by atoms with Crippen LogP contribution in [0.25, 0.3) is 0 Å². The van der Waals surface area contributed by atoms with Crippen molar-refractivity contribution >= 4 is 28.8 Å². The molecule has 2 aromatic rings. The number of benzene rings is 1. The van der Waals surface area contributed by atoms with Gasteiger partial charge in [0, 0.05) is 37.6 Å². The Morgan fingerprint density at radius 3 is 2.36 bits per heavy atom. The molecule has 0 N–H and O–H groups in total. The molecule has 1 unspecified atom stereocenters. The summed E-state index contributed by atoms with van der Waals surface area (Å²) in [5.41, 5.74) is 1.25. The predicted molar refractivity (Wildman–Crippen MR) is 102 cm³/mol. The summed E-state index contributed by atoms with van der Waals surface area (Å²) in [5.74, 6) is 0.268. The third-order valence-electron chi connectivity index (χ3n) is 5.07. The molecule has 132 valence electrons. The van der Waals surface area contributed by atoms with Gasteiger partial charge in [0.2, 0.25) is 5.91 Å². The van der Waals surface area contributed by atoms with Crippen LogP contribution in [0.2, 0.25) is 4.34 Å². The first-order valence-corrected chi connectivity index (χ1v) is 9.92. The van der Waals surface area contributed by atoms with Crippen LogP contribution < -0.4 is 0 Å². The summed E-state index contributed by atoms with van der Waals surface area (Å²) < 4.78 is 0.858. The maximum Gasteiger partial charge on any atom is 0.226 e. The normalized spacial score (nSPS) is 22.2. The molecule has 2 aliphatic rings. The molecule has 3 heterocycles. The number of nitrogens with zero attached hydrogens (tertiary/aromatic N) is 3. The molecular weight excluding hydrogens is 354 g/mol. The second-order valence-electron chi connectivity index (χ2n) is 6.74. The van der Waals surface area contributed by atoms with E-state index >= 15 is 0 Å². The van der Waals surface area contributed by atoms with Gasteiger partial charge in [-0.15, -0.1) is 11.3 Å². The lowest BCUT2D eigenvalue weighted by atomic mass is 9.94. The summed E-state index contributed by atoms with van der Waals surface area (Å²) >= 11 is 7.67. The number of carbonyl (C=O) groups excluding carboxylic acids is 1. The van der Waals surface area contributed by atoms with Crippen molar-refractivity contribution in [2.24, 2.45) is 0 Å². The van der Waals surface area contributed by atoms with Crippen LogP contribution in [0.1, 0.15) is 22.9 Å². The van der Waals surface area contributed by atoms with E-state index in [0.717, 1.165) is 43.7 Å². The van der Waals surface area contributed by atoms with Crippen LogP contribution in [0.4, 0.5) is 0 Å². The second-order valence-corrected chi connectivity index (χ2v) is 8.54. The molecule has 2 saturated heterocycles. The van der Waals surface area contributed by atoms with Gasteiger partial charge in [0.25, 0.3) is 0 Å². The summed E-state index contributed by atoms with van der Waals surface area (Å²) in [6, 6.07) is 14.7. The fourth-order valence-corrected chi connectivity index (χ4v) is 4.70. The Kier molecular flexibility index (Phi) is 5.08. The highest BCUT2D eigenvalue weighted by Crippen LogP contribution is 2.34. The van der Waals surface area contributed by atoms with Crippen molar-refractivity contribution in [3.63, 3.8) is 0 Å². The minimum absolute atomic E-state index is 0.250. The Bertz CT molecular complexity index is 727. The predicted octanol–water partition coefficient (Wildman–Crippen LogP) is 3.45. The summed E-state index contributed by atoms with van der Waals surface area (Å²) in [6.45, 7) is 5.80. The van der Waals surface area contributed by atoms with Crippen molar-refractivity contribution in [1.29, 1.82) is 0 Å². The van der Waals surface area contributed by atoms with Gasteiger partial charge in [-0.25, -0.2) is 0 Å². The zero-order valence-corrected chi connectivity index (χ0v) is 15.7. The first kappa shape index (κ1) is 17.0. The molecule has 0 saturated carbocycles. The van der Waals surface area contributed by atoms with E-state index in [1.165, 1.54) is 10.4 Å². The van der Waals surface area contributed by atoms with Crippen molar-refractivity contribution in [2.45, 2.75) is 19.0 Å². The Hall–Kier alpha value is -1.40. The second kappa shape index (κ2) is 7.46. The largest absolute Gasteiger partial charge is 0.322 e. The summed E-state index contributed by atoms with van der Waals surface area (Å²) in [4.78, 5) is 20.3. The smallest absolute Gasteiger partial charge is 0.226 e. The van der Waals surface area contributed by atoms with E-state index < -0.39 is 0 Å². The van der Waals surface area contributed by atoms with E-state index in [0.29, 0.717) is 6.42 Å². The third-order valence-corrected chi connectivity index (χ3v) is 6.29. The van der Waals surface area contributed by atoms with Gasteiger partial charge in [0.15, 0.2) is 0 Å². The zero-order valence-electron chi connectivity index (χ0n) is 14.1. The number of thiophene rings is 1. The van der Waals surface area contributed by atoms with E-state index in [-0.39, 0.29) is 11.9 Å². The molecule has 2 aliphatic heterocycles. The van der Waals surface area contributed by atoms with Crippen LogP contribution in [-0.2, 0) is 11.3 Å². The van der Waals surface area contributed by atoms with Gasteiger partial charge in [-0.05, 0) is 17.7 Å². The van der Waals surface area contributed by atoms with Gasteiger partial charge in [0.1, 0.15) is 0 Å². The molecule has 0 aliphatic carbocycles. The molecule has 1 aromatic carbocycles. The number of rotatable bonds is 5. The molecule has 4 rings (SSSR count). The van der Waals surface area contributed by atoms with Gasteiger partial charge in [0.05, 0.1) is 23.5 Å². The maximum absolute atomic E-state index is 12.1. The zero-order chi connectivity index (χ0) is 17.2. The fourth-order valence-electron chi connectivity index (χ4n) is 3.57. The number of likely N-dealkylation sites (tertiary alicyclic amines) is 1. The first-order valence-electron chi connectivity index (χ1n) is 8.72. The summed E-state index contributed by atoms with van der Waals surface area (Å²) in [7, 11) is 0. The Morgan fingerprint density at radius 2 is 1.72 bits per heavy atom. The van der Waals surface area contributed by atoms with Gasteiger partial charge in [-0.2, -0.15) is 0 Å². The van der Waals surface area contributed by atoms with Crippen LogP contribution in [0.5, 0.6) is 0 Å². The Balaban J connectivity index is 1.29. The summed E-state index contributed by atoms with van der Waals surface area (Å²) in [6.07, 6.45) is 0.642. The van der Waals surface area contributed by atoms with E-state index in [4.69, 9.17) is 11.6 Å². The molecule has 4 nitrogen and oxygen atoms in total. The van der Waals surface area contributed by atoms with E-state index in [2.05, 4.69) is 28.0 Å². The SMILES string of the molecule is O=C1CC(c2ccccc2)N1CN1CCN(Cc2ccc(Cl)s2)CC1. The van der Waals surface area contributed by atoms with E-state index in [1.54, 1.807) is 11.3 Å². The minimum Gasteiger partial charge on any atom is -0.322 e. The summed E-state index contributed by atoms with van der Waals surface area (Å²) in [5, 5.41) is 0. The quantitative estimate of drug-likeness (QED) is 0.749. The van der Waals surface area contributed by atoms with Crippen molar-refractivity contribution in [3.8, 4) is 0 Å². The molecule has 6 heteroatoms.